The number of ketones is 1. The van der Waals surface area contributed by atoms with E-state index in [0.29, 0.717) is 17.2 Å². The molecule has 140 valence electrons. The van der Waals surface area contributed by atoms with Crippen LogP contribution in [0.15, 0.2) is 22.7 Å². The van der Waals surface area contributed by atoms with E-state index in [9.17, 15) is 9.59 Å². The molecule has 1 fully saturated rings. The Morgan fingerprint density at radius 3 is 2.56 bits per heavy atom. The molecule has 7 heteroatoms. The largest absolute Gasteiger partial charge is 0.496 e. The van der Waals surface area contributed by atoms with Gasteiger partial charge in [-0.15, -0.1) is 12.4 Å². The summed E-state index contributed by atoms with van der Waals surface area (Å²) in [6, 6.07) is 5.33. The molecule has 5 nitrogen and oxygen atoms in total. The molecule has 1 saturated heterocycles. The van der Waals surface area contributed by atoms with Gasteiger partial charge < -0.3 is 15.0 Å². The second-order valence-corrected chi connectivity index (χ2v) is 7.07. The predicted molar refractivity (Wildman–Crippen MR) is 105 cm³/mol. The molecule has 25 heavy (non-hydrogen) atoms. The van der Waals surface area contributed by atoms with E-state index < -0.39 is 0 Å². The molecular weight excluding hydrogens is 408 g/mol. The molecule has 0 unspecified atom stereocenters. The van der Waals surface area contributed by atoms with E-state index in [2.05, 4.69) is 21.2 Å². The normalized spacial score (nSPS) is 14.8. The molecule has 1 aliphatic heterocycles. The lowest BCUT2D eigenvalue weighted by molar-refractivity contribution is -0.132. The third-order valence-electron chi connectivity index (χ3n) is 4.49. The molecular formula is C18H26BrClN2O3. The van der Waals surface area contributed by atoms with Gasteiger partial charge >= 0.3 is 0 Å². The molecule has 0 saturated carbocycles. The third-order valence-corrected chi connectivity index (χ3v) is 4.98. The number of nitrogens with zero attached hydrogens (tertiary/aromatic N) is 1. The zero-order valence-corrected chi connectivity index (χ0v) is 17.1. The van der Waals surface area contributed by atoms with Gasteiger partial charge in [-0.2, -0.15) is 0 Å². The fourth-order valence-corrected chi connectivity index (χ4v) is 3.45. The van der Waals surface area contributed by atoms with Crippen LogP contribution in [-0.2, 0) is 4.79 Å². The van der Waals surface area contributed by atoms with E-state index in [-0.39, 0.29) is 36.9 Å². The summed E-state index contributed by atoms with van der Waals surface area (Å²) in [6.07, 6.45) is 2.52. The summed E-state index contributed by atoms with van der Waals surface area (Å²) in [6.45, 7) is 2.59. The van der Waals surface area contributed by atoms with Gasteiger partial charge in [0.2, 0.25) is 5.91 Å². The van der Waals surface area contributed by atoms with E-state index >= 15 is 0 Å². The molecule has 2 rings (SSSR count). The Kier molecular flexibility index (Phi) is 9.46. The summed E-state index contributed by atoms with van der Waals surface area (Å²) in [7, 11) is 3.50. The maximum Gasteiger partial charge on any atom is 0.223 e. The topological polar surface area (TPSA) is 58.6 Å². The average molecular weight is 434 g/mol. The van der Waals surface area contributed by atoms with Crippen molar-refractivity contribution < 1.29 is 14.3 Å². The maximum absolute atomic E-state index is 12.4. The smallest absolute Gasteiger partial charge is 0.223 e. The van der Waals surface area contributed by atoms with Gasteiger partial charge in [-0.3, -0.25) is 9.59 Å². The molecule has 0 radical (unpaired) electrons. The number of ether oxygens (including phenoxy) is 1. The van der Waals surface area contributed by atoms with Crippen LogP contribution in [0, 0.1) is 5.92 Å². The Balaban J connectivity index is 0.00000312. The van der Waals surface area contributed by atoms with E-state index in [1.807, 2.05) is 18.0 Å². The highest BCUT2D eigenvalue weighted by Gasteiger charge is 2.23. The molecule has 0 bridgehead atoms. The summed E-state index contributed by atoms with van der Waals surface area (Å²) < 4.78 is 6.06. The van der Waals surface area contributed by atoms with E-state index in [4.69, 9.17) is 4.74 Å². The highest BCUT2D eigenvalue weighted by Crippen LogP contribution is 2.25. The summed E-state index contributed by atoms with van der Waals surface area (Å²) in [4.78, 5) is 26.6. The first-order valence-electron chi connectivity index (χ1n) is 8.34. The molecule has 0 aliphatic carbocycles. The second-order valence-electron chi connectivity index (χ2n) is 6.15. The van der Waals surface area contributed by atoms with Gasteiger partial charge in [0.25, 0.3) is 0 Å². The van der Waals surface area contributed by atoms with Crippen LogP contribution >= 0.6 is 28.3 Å². The van der Waals surface area contributed by atoms with Crippen molar-refractivity contribution >= 4 is 40.0 Å². The van der Waals surface area contributed by atoms with Crippen LogP contribution in [0.4, 0.5) is 0 Å². The van der Waals surface area contributed by atoms with Crippen LogP contribution in [-0.4, -0.2) is 50.4 Å². The Hall–Kier alpha value is -1.11. The lowest BCUT2D eigenvalue weighted by atomic mass is 9.96. The van der Waals surface area contributed by atoms with Crippen LogP contribution < -0.4 is 10.1 Å². The Morgan fingerprint density at radius 1 is 1.28 bits per heavy atom. The molecule has 1 N–H and O–H groups in total. The number of benzene rings is 1. The number of halogens is 2. The molecule has 0 spiro atoms. The molecule has 1 amide bonds. The van der Waals surface area contributed by atoms with Gasteiger partial charge in [-0.1, -0.05) is 15.9 Å². The number of piperidine rings is 1. The van der Waals surface area contributed by atoms with Crippen molar-refractivity contribution in [2.24, 2.45) is 5.92 Å². The van der Waals surface area contributed by atoms with Gasteiger partial charge in [-0.25, -0.2) is 0 Å². The number of Topliss-reactive ketones (excluding diaryl/α,β-unsaturated/α-hetero) is 1. The number of nitrogens with one attached hydrogen (secondary N) is 1. The van der Waals surface area contributed by atoms with Crippen LogP contribution in [0.3, 0.4) is 0 Å². The summed E-state index contributed by atoms with van der Waals surface area (Å²) in [5.41, 5.74) is 0.521. The minimum absolute atomic E-state index is 0. The first kappa shape index (κ1) is 21.9. The number of rotatable bonds is 7. The fraction of sp³-hybridized carbons (Fsp3) is 0.556. The van der Waals surface area contributed by atoms with Crippen molar-refractivity contribution in [3.8, 4) is 5.75 Å². The lowest BCUT2D eigenvalue weighted by Crippen LogP contribution is -2.40. The van der Waals surface area contributed by atoms with Crippen molar-refractivity contribution in [3.63, 3.8) is 0 Å². The molecule has 1 aliphatic rings. The number of likely N-dealkylation sites (tertiary alicyclic amines) is 1. The first-order chi connectivity index (χ1) is 11.5. The predicted octanol–water partition coefficient (Wildman–Crippen LogP) is 3.30. The SMILES string of the molecule is CNCC1CCN(C(=O)CCC(=O)c2cc(Br)ccc2OC)CC1.Cl. The summed E-state index contributed by atoms with van der Waals surface area (Å²) >= 11 is 3.37. The molecule has 1 aromatic carbocycles. The van der Waals surface area contributed by atoms with E-state index in [0.717, 1.165) is 36.9 Å². The van der Waals surface area contributed by atoms with Gasteiger partial charge in [0.1, 0.15) is 5.75 Å². The van der Waals surface area contributed by atoms with E-state index in [1.165, 1.54) is 0 Å². The molecule has 0 atom stereocenters. The Labute approximate surface area is 164 Å². The maximum atomic E-state index is 12.4. The number of carbonyl (C=O) groups is 2. The van der Waals surface area contributed by atoms with E-state index in [1.54, 1.807) is 19.2 Å². The van der Waals surface area contributed by atoms with Crippen LogP contribution in [0.2, 0.25) is 0 Å². The van der Waals surface area contributed by atoms with Crippen molar-refractivity contribution in [2.75, 3.05) is 33.8 Å². The zero-order chi connectivity index (χ0) is 17.5. The number of carbonyl (C=O) groups excluding carboxylic acids is 2. The van der Waals surface area contributed by atoms with Crippen LogP contribution in [0.25, 0.3) is 0 Å². The number of methoxy groups -OCH3 is 1. The highest BCUT2D eigenvalue weighted by atomic mass is 79.9. The van der Waals surface area contributed by atoms with Crippen molar-refractivity contribution in [1.82, 2.24) is 10.2 Å². The molecule has 1 aromatic rings. The Morgan fingerprint density at radius 2 is 1.96 bits per heavy atom. The number of amides is 1. The zero-order valence-electron chi connectivity index (χ0n) is 14.7. The number of hydrogen-bond donors (Lipinski definition) is 1. The summed E-state index contributed by atoms with van der Waals surface area (Å²) in [5.74, 6) is 1.20. The first-order valence-corrected chi connectivity index (χ1v) is 9.13. The van der Waals surface area contributed by atoms with Gasteiger partial charge in [0, 0.05) is 30.4 Å². The number of hydrogen-bond acceptors (Lipinski definition) is 4. The van der Waals surface area contributed by atoms with Gasteiger partial charge in [-0.05, 0) is 50.6 Å². The van der Waals surface area contributed by atoms with Gasteiger partial charge in [0.05, 0.1) is 12.7 Å². The van der Waals surface area contributed by atoms with Gasteiger partial charge in [0.15, 0.2) is 5.78 Å². The summed E-state index contributed by atoms with van der Waals surface area (Å²) in [5, 5.41) is 3.19. The molecule has 0 aromatic heterocycles. The average Bonchev–Trinajstić information content (AvgIpc) is 2.60. The van der Waals surface area contributed by atoms with Crippen LogP contribution in [0.1, 0.15) is 36.0 Å². The molecule has 1 heterocycles. The second kappa shape index (κ2) is 10.8. The monoisotopic (exact) mass is 432 g/mol. The van der Waals surface area contributed by atoms with Crippen molar-refractivity contribution in [2.45, 2.75) is 25.7 Å². The fourth-order valence-electron chi connectivity index (χ4n) is 3.09. The minimum atomic E-state index is -0.0634. The van der Waals surface area contributed by atoms with Crippen LogP contribution in [0.5, 0.6) is 5.75 Å². The lowest BCUT2D eigenvalue weighted by Gasteiger charge is -2.32. The minimum Gasteiger partial charge on any atom is -0.496 e. The standard InChI is InChI=1S/C18H25BrN2O3.ClH/c1-20-12-13-7-9-21(10-8-13)18(23)6-4-16(22)15-11-14(19)3-5-17(15)24-2;/h3,5,11,13,20H,4,6-10,12H2,1-2H3;1H. The Bertz CT molecular complexity index is 590. The van der Waals surface area contributed by atoms with Crippen molar-refractivity contribution in [1.29, 1.82) is 0 Å². The quantitative estimate of drug-likeness (QED) is 0.670. The highest BCUT2D eigenvalue weighted by molar-refractivity contribution is 9.10. The third kappa shape index (κ3) is 6.28. The van der Waals surface area contributed by atoms with Crippen molar-refractivity contribution in [3.05, 3.63) is 28.2 Å².